The van der Waals surface area contributed by atoms with E-state index in [0.29, 0.717) is 31.8 Å². The maximum Gasteiger partial charge on any atom is 0.410 e. The van der Waals surface area contributed by atoms with Crippen LogP contribution in [0.1, 0.15) is 79.8 Å². The van der Waals surface area contributed by atoms with Gasteiger partial charge in [-0.05, 0) is 70.2 Å². The lowest BCUT2D eigenvalue weighted by Crippen LogP contribution is -2.54. The van der Waals surface area contributed by atoms with E-state index in [0.717, 1.165) is 41.9 Å². The second kappa shape index (κ2) is 13.6. The van der Waals surface area contributed by atoms with Gasteiger partial charge in [0, 0.05) is 38.8 Å². The number of nitrogens with zero attached hydrogens (tertiary/aromatic N) is 5. The van der Waals surface area contributed by atoms with E-state index in [-0.39, 0.29) is 24.6 Å². The Morgan fingerprint density at radius 2 is 1.73 bits per heavy atom. The number of aromatic nitrogens is 2. The zero-order chi connectivity index (χ0) is 32.3. The van der Waals surface area contributed by atoms with E-state index in [1.54, 1.807) is 0 Å². The van der Waals surface area contributed by atoms with Gasteiger partial charge in [-0.25, -0.2) is 9.59 Å². The molecule has 2 fully saturated rings. The third-order valence-electron chi connectivity index (χ3n) is 8.38. The predicted molar refractivity (Wildman–Crippen MR) is 167 cm³/mol. The Kier molecular flexibility index (Phi) is 9.79. The molecule has 0 radical (unpaired) electrons. The number of hydrogen-bond donors (Lipinski definition) is 1. The molecule has 2 aliphatic rings. The highest BCUT2D eigenvalue weighted by Crippen LogP contribution is 2.33. The molecule has 3 aromatic rings. The van der Waals surface area contributed by atoms with Crippen molar-refractivity contribution in [1.82, 2.24) is 24.9 Å². The summed E-state index contributed by atoms with van der Waals surface area (Å²) in [6, 6.07) is 13.1. The highest BCUT2D eigenvalue weighted by Gasteiger charge is 2.41. The molecule has 2 aliphatic heterocycles. The van der Waals surface area contributed by atoms with Crippen molar-refractivity contribution in [1.29, 1.82) is 0 Å². The van der Waals surface area contributed by atoms with Crippen LogP contribution >= 0.6 is 0 Å². The SMILES string of the molecule is Cc1cc(Cc2nnc([C@@H]3[C@H](O)CCN3C(=O)OCc3ccccc3)o2)c(C)c(CN2CCN(C(=O)OC(C)(C)C)[C@@H](C)C2)c1. The van der Waals surface area contributed by atoms with Gasteiger partial charge in [-0.2, -0.15) is 0 Å². The molecule has 0 unspecified atom stereocenters. The van der Waals surface area contributed by atoms with Crippen LogP contribution in [0.2, 0.25) is 0 Å². The molecular weight excluding hydrogens is 574 g/mol. The second-order valence-electron chi connectivity index (χ2n) is 13.2. The summed E-state index contributed by atoms with van der Waals surface area (Å²) in [4.78, 5) is 31.2. The lowest BCUT2D eigenvalue weighted by molar-refractivity contribution is 0.000526. The number of hydrogen-bond acceptors (Lipinski definition) is 9. The molecule has 11 nitrogen and oxygen atoms in total. The molecule has 45 heavy (non-hydrogen) atoms. The minimum Gasteiger partial charge on any atom is -0.445 e. The number of rotatable bonds is 7. The van der Waals surface area contributed by atoms with Crippen molar-refractivity contribution >= 4 is 12.2 Å². The van der Waals surface area contributed by atoms with Crippen LogP contribution in [0.4, 0.5) is 9.59 Å². The van der Waals surface area contributed by atoms with E-state index >= 15 is 0 Å². The van der Waals surface area contributed by atoms with Gasteiger partial charge >= 0.3 is 12.2 Å². The number of amides is 2. The van der Waals surface area contributed by atoms with Crippen molar-refractivity contribution < 1.29 is 28.6 Å². The number of carbonyl (C=O) groups excluding carboxylic acids is 2. The van der Waals surface area contributed by atoms with E-state index < -0.39 is 23.8 Å². The van der Waals surface area contributed by atoms with Crippen molar-refractivity contribution in [3.63, 3.8) is 0 Å². The molecule has 11 heteroatoms. The largest absolute Gasteiger partial charge is 0.445 e. The average molecular weight is 620 g/mol. The van der Waals surface area contributed by atoms with E-state index in [1.165, 1.54) is 10.5 Å². The molecule has 0 bridgehead atoms. The highest BCUT2D eigenvalue weighted by atomic mass is 16.6. The second-order valence-corrected chi connectivity index (χ2v) is 13.2. The molecule has 3 heterocycles. The lowest BCUT2D eigenvalue weighted by Gasteiger charge is -2.40. The molecule has 0 spiro atoms. The summed E-state index contributed by atoms with van der Waals surface area (Å²) in [5.41, 5.74) is 4.92. The van der Waals surface area contributed by atoms with Crippen LogP contribution in [0.3, 0.4) is 0 Å². The highest BCUT2D eigenvalue weighted by molar-refractivity contribution is 5.69. The zero-order valence-electron chi connectivity index (χ0n) is 27.2. The molecule has 0 saturated carbocycles. The number of aliphatic hydroxyl groups is 1. The van der Waals surface area contributed by atoms with Crippen LogP contribution in [0.15, 0.2) is 46.9 Å². The van der Waals surface area contributed by atoms with Crippen LogP contribution < -0.4 is 0 Å². The Balaban J connectivity index is 1.23. The number of aryl methyl sites for hydroxylation is 1. The van der Waals surface area contributed by atoms with E-state index in [1.807, 2.05) is 56.0 Å². The van der Waals surface area contributed by atoms with Gasteiger partial charge in [0.25, 0.3) is 0 Å². The number of benzene rings is 2. The Morgan fingerprint density at radius 3 is 2.44 bits per heavy atom. The minimum absolute atomic E-state index is 0.0381. The fraction of sp³-hybridized carbons (Fsp3) is 0.529. The van der Waals surface area contributed by atoms with Crippen molar-refractivity contribution in [2.45, 2.75) is 91.3 Å². The lowest BCUT2D eigenvalue weighted by atomic mass is 9.96. The van der Waals surface area contributed by atoms with Crippen LogP contribution in [0.5, 0.6) is 0 Å². The van der Waals surface area contributed by atoms with Gasteiger partial charge in [-0.15, -0.1) is 10.2 Å². The summed E-state index contributed by atoms with van der Waals surface area (Å²) in [7, 11) is 0. The van der Waals surface area contributed by atoms with Gasteiger partial charge in [0.1, 0.15) is 18.2 Å². The van der Waals surface area contributed by atoms with Crippen molar-refractivity contribution in [2.24, 2.45) is 0 Å². The van der Waals surface area contributed by atoms with E-state index in [4.69, 9.17) is 13.9 Å². The summed E-state index contributed by atoms with van der Waals surface area (Å²) in [6.45, 7) is 15.2. The van der Waals surface area contributed by atoms with Gasteiger partial charge < -0.3 is 23.9 Å². The first-order valence-corrected chi connectivity index (χ1v) is 15.7. The topological polar surface area (TPSA) is 121 Å². The molecule has 242 valence electrons. The smallest absolute Gasteiger partial charge is 0.410 e. The maximum absolute atomic E-state index is 12.9. The van der Waals surface area contributed by atoms with Crippen molar-refractivity contribution in [3.05, 3.63) is 82.1 Å². The minimum atomic E-state index is -0.826. The van der Waals surface area contributed by atoms with Gasteiger partial charge in [0.15, 0.2) is 0 Å². The van der Waals surface area contributed by atoms with E-state index in [9.17, 15) is 14.7 Å². The first-order valence-electron chi connectivity index (χ1n) is 15.7. The van der Waals surface area contributed by atoms with Crippen LogP contribution in [0.25, 0.3) is 0 Å². The Morgan fingerprint density at radius 1 is 1.00 bits per heavy atom. The van der Waals surface area contributed by atoms with Gasteiger partial charge in [0.2, 0.25) is 11.8 Å². The summed E-state index contributed by atoms with van der Waals surface area (Å²) in [5.74, 6) is 0.620. The van der Waals surface area contributed by atoms with Gasteiger partial charge in [-0.1, -0.05) is 48.0 Å². The Bertz CT molecular complexity index is 1490. The van der Waals surface area contributed by atoms with Crippen molar-refractivity contribution in [3.8, 4) is 0 Å². The average Bonchev–Trinajstić information content (AvgIpc) is 3.59. The summed E-state index contributed by atoms with van der Waals surface area (Å²) in [5, 5.41) is 19.2. The zero-order valence-corrected chi connectivity index (χ0v) is 27.2. The normalized spacial score (nSPS) is 20.8. The quantitative estimate of drug-likeness (QED) is 0.382. The Hall–Kier alpha value is -3.96. The third kappa shape index (κ3) is 8.01. The Labute approximate surface area is 265 Å². The number of piperazine rings is 1. The van der Waals surface area contributed by atoms with Gasteiger partial charge in [0.05, 0.1) is 12.5 Å². The molecular formula is C34H45N5O6. The van der Waals surface area contributed by atoms with Gasteiger partial charge in [-0.3, -0.25) is 9.80 Å². The molecule has 2 saturated heterocycles. The fourth-order valence-corrected chi connectivity index (χ4v) is 6.07. The molecule has 5 rings (SSSR count). The maximum atomic E-state index is 12.9. The van der Waals surface area contributed by atoms with E-state index in [2.05, 4.69) is 48.0 Å². The molecule has 3 atom stereocenters. The molecule has 0 aliphatic carbocycles. The fourth-order valence-electron chi connectivity index (χ4n) is 6.07. The standard InChI is InChI=1S/C34H45N5O6/c1-22-16-26(24(3)27(17-22)20-37-14-15-38(23(2)19-37)33(42)45-34(4,5)6)18-29-35-36-31(44-29)30-28(40)12-13-39(30)32(41)43-21-25-10-8-7-9-11-25/h7-11,16-17,23,28,30,40H,12-15,18-21H2,1-6H3/t23-,28+,30-/m0/s1. The summed E-state index contributed by atoms with van der Waals surface area (Å²) < 4.78 is 17.2. The molecule has 2 amide bonds. The van der Waals surface area contributed by atoms with Crippen LogP contribution in [-0.2, 0) is 29.0 Å². The molecule has 1 N–H and O–H groups in total. The third-order valence-corrected chi connectivity index (χ3v) is 8.38. The first-order chi connectivity index (χ1) is 21.4. The number of carbonyl (C=O) groups is 2. The van der Waals surface area contributed by atoms with Crippen LogP contribution in [-0.4, -0.2) is 86.1 Å². The number of likely N-dealkylation sites (tertiary alicyclic amines) is 1. The van der Waals surface area contributed by atoms with Crippen LogP contribution in [0, 0.1) is 13.8 Å². The summed E-state index contributed by atoms with van der Waals surface area (Å²) >= 11 is 0. The molecule has 1 aromatic heterocycles. The monoisotopic (exact) mass is 619 g/mol. The summed E-state index contributed by atoms with van der Waals surface area (Å²) in [6.07, 6.45) is -0.792. The molecule has 2 aromatic carbocycles. The number of ether oxygens (including phenoxy) is 2. The predicted octanol–water partition coefficient (Wildman–Crippen LogP) is 5.16. The number of aliphatic hydroxyl groups excluding tert-OH is 1. The van der Waals surface area contributed by atoms with Crippen molar-refractivity contribution in [2.75, 3.05) is 26.2 Å². The first kappa shape index (κ1) is 32.4.